The van der Waals surface area contributed by atoms with E-state index in [-0.39, 0.29) is 12.5 Å². The molecule has 0 atom stereocenters. The number of hydrogen-bond acceptors (Lipinski definition) is 4. The van der Waals surface area contributed by atoms with Gasteiger partial charge in [0.15, 0.2) is 0 Å². The molecule has 0 unspecified atom stereocenters. The van der Waals surface area contributed by atoms with Crippen molar-refractivity contribution in [3.63, 3.8) is 0 Å². The first kappa shape index (κ1) is 18.5. The summed E-state index contributed by atoms with van der Waals surface area (Å²) in [5.41, 5.74) is 1.62. The van der Waals surface area contributed by atoms with Crippen molar-refractivity contribution in [3.8, 4) is 5.75 Å². The first-order chi connectivity index (χ1) is 11.7. The number of amides is 1. The highest BCUT2D eigenvalue weighted by molar-refractivity contribution is 14.1. The third-order valence-corrected chi connectivity index (χ3v) is 3.83. The van der Waals surface area contributed by atoms with Gasteiger partial charge in [0.1, 0.15) is 12.4 Å². The summed E-state index contributed by atoms with van der Waals surface area (Å²) in [6, 6.07) is 15.2. The minimum atomic E-state index is -0.111. The molecule has 0 radical (unpaired) electrons. The molecule has 0 aliphatic heterocycles. The van der Waals surface area contributed by atoms with Crippen LogP contribution in [0, 0.1) is 3.57 Å². The highest BCUT2D eigenvalue weighted by Gasteiger charge is 2.04. The lowest BCUT2D eigenvalue weighted by molar-refractivity contribution is -0.114. The van der Waals surface area contributed by atoms with Crippen LogP contribution in [-0.2, 0) is 9.53 Å². The van der Waals surface area contributed by atoms with E-state index in [2.05, 4.69) is 33.2 Å². The van der Waals surface area contributed by atoms with E-state index in [1.807, 2.05) is 49.4 Å². The van der Waals surface area contributed by atoms with E-state index < -0.39 is 0 Å². The lowest BCUT2D eigenvalue weighted by Gasteiger charge is -2.10. The summed E-state index contributed by atoms with van der Waals surface area (Å²) in [7, 11) is 0. The van der Waals surface area contributed by atoms with E-state index >= 15 is 0 Å². The van der Waals surface area contributed by atoms with E-state index in [1.54, 1.807) is 6.07 Å². The molecular weight excluding hydrogens is 419 g/mol. The van der Waals surface area contributed by atoms with Crippen molar-refractivity contribution in [2.24, 2.45) is 0 Å². The number of rotatable bonds is 9. The van der Waals surface area contributed by atoms with Gasteiger partial charge in [0.25, 0.3) is 0 Å². The fourth-order valence-corrected chi connectivity index (χ4v) is 2.34. The SMILES string of the molecule is CCOCCOc1cccc(NC(=O)CNc2ccc(I)cc2)c1. The van der Waals surface area contributed by atoms with Crippen LogP contribution < -0.4 is 15.4 Å². The summed E-state index contributed by atoms with van der Waals surface area (Å²) < 4.78 is 12.0. The minimum Gasteiger partial charge on any atom is -0.491 e. The Kier molecular flexibility index (Phi) is 7.84. The molecule has 5 nitrogen and oxygen atoms in total. The van der Waals surface area contributed by atoms with E-state index in [0.717, 1.165) is 9.26 Å². The Hall–Kier alpha value is -1.80. The smallest absolute Gasteiger partial charge is 0.243 e. The molecule has 6 heteroatoms. The first-order valence-corrected chi connectivity index (χ1v) is 8.85. The number of halogens is 1. The Balaban J connectivity index is 1.79. The van der Waals surface area contributed by atoms with Gasteiger partial charge in [-0.25, -0.2) is 0 Å². The molecule has 2 aromatic rings. The number of anilines is 2. The third kappa shape index (κ3) is 6.76. The number of hydrogen-bond donors (Lipinski definition) is 2. The van der Waals surface area contributed by atoms with Crippen LogP contribution in [0.15, 0.2) is 48.5 Å². The number of ether oxygens (including phenoxy) is 2. The Bertz CT molecular complexity index is 647. The predicted molar refractivity (Wildman–Crippen MR) is 105 cm³/mol. The second-order valence-electron chi connectivity index (χ2n) is 4.98. The Morgan fingerprint density at radius 3 is 2.62 bits per heavy atom. The van der Waals surface area contributed by atoms with Crippen LogP contribution in [0.2, 0.25) is 0 Å². The molecule has 2 aromatic carbocycles. The standard InChI is InChI=1S/C18H21IN2O3/c1-2-23-10-11-24-17-5-3-4-16(12-17)21-18(22)13-20-15-8-6-14(19)7-9-15/h3-9,12,20H,2,10-11,13H2,1H3,(H,21,22). The molecule has 2 N–H and O–H groups in total. The van der Waals surface area contributed by atoms with Gasteiger partial charge in [0.05, 0.1) is 13.2 Å². The van der Waals surface area contributed by atoms with Crippen molar-refractivity contribution in [3.05, 3.63) is 52.1 Å². The van der Waals surface area contributed by atoms with Gasteiger partial charge in [-0.3, -0.25) is 4.79 Å². The summed E-state index contributed by atoms with van der Waals surface area (Å²) in [6.07, 6.45) is 0. The van der Waals surface area contributed by atoms with Gasteiger partial charge in [-0.1, -0.05) is 6.07 Å². The summed E-state index contributed by atoms with van der Waals surface area (Å²) in [4.78, 5) is 12.0. The molecule has 0 saturated carbocycles. The van der Waals surface area contributed by atoms with E-state index in [1.165, 1.54) is 0 Å². The van der Waals surface area contributed by atoms with E-state index in [4.69, 9.17) is 9.47 Å². The molecule has 128 valence electrons. The molecular formula is C18H21IN2O3. The second-order valence-corrected chi connectivity index (χ2v) is 6.23. The number of carbonyl (C=O) groups excluding carboxylic acids is 1. The average molecular weight is 440 g/mol. The molecule has 0 aliphatic carbocycles. The molecule has 0 saturated heterocycles. The monoisotopic (exact) mass is 440 g/mol. The van der Waals surface area contributed by atoms with Crippen LogP contribution in [0.5, 0.6) is 5.75 Å². The topological polar surface area (TPSA) is 59.6 Å². The van der Waals surface area contributed by atoms with Gasteiger partial charge in [0.2, 0.25) is 5.91 Å². The molecule has 0 fully saturated rings. The van der Waals surface area contributed by atoms with Crippen molar-refractivity contribution in [2.45, 2.75) is 6.92 Å². The predicted octanol–water partition coefficient (Wildman–Crippen LogP) is 3.76. The number of benzene rings is 2. The zero-order chi connectivity index (χ0) is 17.2. The number of carbonyl (C=O) groups is 1. The van der Waals surface area contributed by atoms with Gasteiger partial charge < -0.3 is 20.1 Å². The van der Waals surface area contributed by atoms with Crippen molar-refractivity contribution < 1.29 is 14.3 Å². The minimum absolute atomic E-state index is 0.111. The van der Waals surface area contributed by atoms with Crippen LogP contribution in [-0.4, -0.2) is 32.3 Å². The van der Waals surface area contributed by atoms with Crippen LogP contribution in [0.3, 0.4) is 0 Å². The second kappa shape index (κ2) is 10.1. The zero-order valence-electron chi connectivity index (χ0n) is 13.5. The summed E-state index contributed by atoms with van der Waals surface area (Å²) in [5.74, 6) is 0.595. The summed E-state index contributed by atoms with van der Waals surface area (Å²) >= 11 is 2.24. The number of nitrogens with one attached hydrogen (secondary N) is 2. The van der Waals surface area contributed by atoms with E-state index in [9.17, 15) is 4.79 Å². The average Bonchev–Trinajstić information content (AvgIpc) is 2.59. The maximum atomic E-state index is 12.0. The highest BCUT2D eigenvalue weighted by Crippen LogP contribution is 2.17. The lowest BCUT2D eigenvalue weighted by Crippen LogP contribution is -2.21. The maximum Gasteiger partial charge on any atom is 0.243 e. The summed E-state index contributed by atoms with van der Waals surface area (Å²) in [5, 5.41) is 5.94. The van der Waals surface area contributed by atoms with Crippen LogP contribution in [0.25, 0.3) is 0 Å². The van der Waals surface area contributed by atoms with Crippen molar-refractivity contribution >= 4 is 39.9 Å². The Morgan fingerprint density at radius 1 is 1.08 bits per heavy atom. The molecule has 24 heavy (non-hydrogen) atoms. The Labute approximate surface area is 155 Å². The fraction of sp³-hybridized carbons (Fsp3) is 0.278. The highest BCUT2D eigenvalue weighted by atomic mass is 127. The van der Waals surface area contributed by atoms with Crippen molar-refractivity contribution in [1.82, 2.24) is 0 Å². The van der Waals surface area contributed by atoms with E-state index in [0.29, 0.717) is 31.3 Å². The van der Waals surface area contributed by atoms with Gasteiger partial charge >= 0.3 is 0 Å². The molecule has 0 heterocycles. The van der Waals surface area contributed by atoms with Gasteiger partial charge in [-0.15, -0.1) is 0 Å². The molecule has 0 spiro atoms. The molecule has 1 amide bonds. The van der Waals surface area contributed by atoms with Crippen LogP contribution in [0.1, 0.15) is 6.92 Å². The van der Waals surface area contributed by atoms with Gasteiger partial charge in [0, 0.05) is 27.6 Å². The first-order valence-electron chi connectivity index (χ1n) is 7.77. The maximum absolute atomic E-state index is 12.0. The van der Waals surface area contributed by atoms with Crippen molar-refractivity contribution in [2.75, 3.05) is 37.0 Å². The van der Waals surface area contributed by atoms with Crippen molar-refractivity contribution in [1.29, 1.82) is 0 Å². The molecule has 0 aromatic heterocycles. The van der Waals surface area contributed by atoms with Gasteiger partial charge in [-0.2, -0.15) is 0 Å². The summed E-state index contributed by atoms with van der Waals surface area (Å²) in [6.45, 7) is 3.86. The van der Waals surface area contributed by atoms with Crippen LogP contribution in [0.4, 0.5) is 11.4 Å². The molecule has 2 rings (SSSR count). The largest absolute Gasteiger partial charge is 0.491 e. The Morgan fingerprint density at radius 2 is 1.88 bits per heavy atom. The normalized spacial score (nSPS) is 10.2. The third-order valence-electron chi connectivity index (χ3n) is 3.12. The van der Waals surface area contributed by atoms with Crippen LogP contribution >= 0.6 is 22.6 Å². The fourth-order valence-electron chi connectivity index (χ4n) is 1.98. The van der Waals surface area contributed by atoms with Gasteiger partial charge in [-0.05, 0) is 65.9 Å². The zero-order valence-corrected chi connectivity index (χ0v) is 15.7. The molecule has 0 aliphatic rings. The molecule has 0 bridgehead atoms. The quantitative estimate of drug-likeness (QED) is 0.461. The lowest BCUT2D eigenvalue weighted by atomic mass is 10.3.